The molecule has 4 rings (SSSR count). The van der Waals surface area contributed by atoms with Gasteiger partial charge in [0.25, 0.3) is 5.56 Å². The number of likely N-dealkylation sites (N-methyl/N-ethyl adjacent to an activating group) is 1. The minimum absolute atomic E-state index is 0.152. The quantitative estimate of drug-likeness (QED) is 0.320. The van der Waals surface area contributed by atoms with E-state index in [9.17, 15) is 4.79 Å². The van der Waals surface area contributed by atoms with E-state index >= 15 is 0 Å². The molecule has 0 aliphatic heterocycles. The van der Waals surface area contributed by atoms with E-state index in [0.717, 1.165) is 28.9 Å². The van der Waals surface area contributed by atoms with Gasteiger partial charge in [0.2, 0.25) is 0 Å². The zero-order valence-electron chi connectivity index (χ0n) is 19.3. The van der Waals surface area contributed by atoms with Gasteiger partial charge in [-0.2, -0.15) is 0 Å². The largest absolute Gasteiger partial charge is 0.492 e. The summed E-state index contributed by atoms with van der Waals surface area (Å²) >= 11 is 12.8. The van der Waals surface area contributed by atoms with Gasteiger partial charge in [0.1, 0.15) is 18.2 Å². The van der Waals surface area contributed by atoms with E-state index in [4.69, 9.17) is 27.9 Å². The summed E-state index contributed by atoms with van der Waals surface area (Å²) in [6, 6.07) is 16.6. The fraction of sp³-hybridized carbons (Fsp3) is 0.231. The maximum atomic E-state index is 13.3. The molecule has 2 aromatic carbocycles. The average Bonchev–Trinajstić information content (AvgIpc) is 2.80. The summed E-state index contributed by atoms with van der Waals surface area (Å²) in [4.78, 5) is 20.0. The van der Waals surface area contributed by atoms with Crippen molar-refractivity contribution in [3.63, 3.8) is 0 Å². The van der Waals surface area contributed by atoms with Gasteiger partial charge in [-0.15, -0.1) is 0 Å². The zero-order chi connectivity index (χ0) is 24.2. The molecule has 0 aliphatic carbocycles. The molecule has 0 saturated carbocycles. The third-order valence-corrected chi connectivity index (χ3v) is 6.09. The molecule has 2 heterocycles. The Hall–Kier alpha value is -3.06. The number of ether oxygens (including phenoxy) is 1. The summed E-state index contributed by atoms with van der Waals surface area (Å²) in [5.74, 6) is 1.45. The Morgan fingerprint density at radius 3 is 2.41 bits per heavy atom. The maximum Gasteiger partial charge on any atom is 0.259 e. The van der Waals surface area contributed by atoms with Gasteiger partial charge in [-0.05, 0) is 63.5 Å². The second kappa shape index (κ2) is 10.5. The fourth-order valence-corrected chi connectivity index (χ4v) is 4.32. The summed E-state index contributed by atoms with van der Waals surface area (Å²) in [6.07, 6.45) is 1.75. The molecule has 2 aromatic heterocycles. The number of rotatable bonds is 8. The molecule has 34 heavy (non-hydrogen) atoms. The summed E-state index contributed by atoms with van der Waals surface area (Å²) < 4.78 is 7.45. The summed E-state index contributed by atoms with van der Waals surface area (Å²) in [7, 11) is 4.02. The number of nitrogens with zero attached hydrogens (tertiary/aromatic N) is 3. The van der Waals surface area contributed by atoms with Crippen LogP contribution in [-0.4, -0.2) is 41.7 Å². The van der Waals surface area contributed by atoms with Crippen molar-refractivity contribution >= 4 is 45.6 Å². The van der Waals surface area contributed by atoms with Crippen molar-refractivity contribution in [2.45, 2.75) is 13.5 Å². The first-order chi connectivity index (χ1) is 16.4. The lowest BCUT2D eigenvalue weighted by molar-refractivity contribution is 0.261. The summed E-state index contributed by atoms with van der Waals surface area (Å²) in [5.41, 5.74) is 2.49. The van der Waals surface area contributed by atoms with Crippen LogP contribution in [0, 0.1) is 0 Å². The molecule has 176 valence electrons. The molecule has 6 nitrogen and oxygen atoms in total. The Balaban J connectivity index is 1.64. The summed E-state index contributed by atoms with van der Waals surface area (Å²) in [5, 5.41) is 5.00. The van der Waals surface area contributed by atoms with Gasteiger partial charge in [-0.25, -0.2) is 4.98 Å². The SMILES string of the molecule is CCn1c(=O)c(-c2c(Cl)cccc2Cl)cc2cnc(Nc3ccc(OCCN(C)C)cc3)cc21. The minimum atomic E-state index is -0.152. The maximum absolute atomic E-state index is 13.3. The van der Waals surface area contributed by atoms with Crippen LogP contribution in [0.1, 0.15) is 6.92 Å². The highest BCUT2D eigenvalue weighted by atomic mass is 35.5. The van der Waals surface area contributed by atoms with Crippen molar-refractivity contribution in [3.05, 3.63) is 81.2 Å². The predicted molar refractivity (Wildman–Crippen MR) is 141 cm³/mol. The van der Waals surface area contributed by atoms with Crippen molar-refractivity contribution in [2.75, 3.05) is 32.6 Å². The number of pyridine rings is 2. The first kappa shape index (κ1) is 24.1. The van der Waals surface area contributed by atoms with Crippen LogP contribution in [0.2, 0.25) is 10.0 Å². The van der Waals surface area contributed by atoms with Crippen molar-refractivity contribution in [3.8, 4) is 16.9 Å². The molecule has 8 heteroatoms. The Labute approximate surface area is 208 Å². The van der Waals surface area contributed by atoms with Crippen LogP contribution in [-0.2, 0) is 6.54 Å². The van der Waals surface area contributed by atoms with Gasteiger partial charge in [-0.3, -0.25) is 4.79 Å². The number of hydrogen-bond donors (Lipinski definition) is 1. The van der Waals surface area contributed by atoms with Gasteiger partial charge in [-0.1, -0.05) is 29.3 Å². The zero-order valence-corrected chi connectivity index (χ0v) is 20.8. The van der Waals surface area contributed by atoms with E-state index in [1.807, 2.05) is 51.4 Å². The minimum Gasteiger partial charge on any atom is -0.492 e. The number of aryl methyl sites for hydroxylation is 1. The molecule has 0 spiro atoms. The highest BCUT2D eigenvalue weighted by molar-refractivity contribution is 6.39. The first-order valence-electron chi connectivity index (χ1n) is 11.0. The van der Waals surface area contributed by atoms with Crippen LogP contribution in [0.4, 0.5) is 11.5 Å². The molecule has 0 aliphatic rings. The molecule has 1 N–H and O–H groups in total. The molecule has 0 unspecified atom stereocenters. The molecule has 0 radical (unpaired) electrons. The number of fused-ring (bicyclic) bond motifs is 1. The normalized spacial score (nSPS) is 11.2. The second-order valence-corrected chi connectivity index (χ2v) is 8.95. The predicted octanol–water partition coefficient (Wildman–Crippen LogP) is 6.07. The van der Waals surface area contributed by atoms with E-state index < -0.39 is 0 Å². The molecule has 4 aromatic rings. The van der Waals surface area contributed by atoms with Gasteiger partial charge < -0.3 is 19.5 Å². The first-order valence-corrected chi connectivity index (χ1v) is 11.8. The average molecular weight is 497 g/mol. The van der Waals surface area contributed by atoms with E-state index in [-0.39, 0.29) is 5.56 Å². The molecule has 0 atom stereocenters. The molecule has 0 saturated heterocycles. The smallest absolute Gasteiger partial charge is 0.259 e. The van der Waals surface area contributed by atoms with Gasteiger partial charge in [0.15, 0.2) is 0 Å². The van der Waals surface area contributed by atoms with Gasteiger partial charge in [0, 0.05) is 42.0 Å². The van der Waals surface area contributed by atoms with Gasteiger partial charge >= 0.3 is 0 Å². The van der Waals surface area contributed by atoms with Crippen LogP contribution in [0.25, 0.3) is 22.0 Å². The lowest BCUT2D eigenvalue weighted by Crippen LogP contribution is -2.21. The Bertz CT molecular complexity index is 1350. The van der Waals surface area contributed by atoms with Crippen LogP contribution >= 0.6 is 23.2 Å². The van der Waals surface area contributed by atoms with Gasteiger partial charge in [0.05, 0.1) is 21.1 Å². The fourth-order valence-electron chi connectivity index (χ4n) is 3.72. The van der Waals surface area contributed by atoms with E-state index in [1.165, 1.54) is 0 Å². The summed E-state index contributed by atoms with van der Waals surface area (Å²) in [6.45, 7) is 3.90. The number of halogens is 2. The Morgan fingerprint density at radius 2 is 1.76 bits per heavy atom. The van der Waals surface area contributed by atoms with Crippen molar-refractivity contribution in [1.82, 2.24) is 14.5 Å². The third kappa shape index (κ3) is 5.20. The number of anilines is 2. The highest BCUT2D eigenvalue weighted by Gasteiger charge is 2.16. The molecule has 0 amide bonds. The van der Waals surface area contributed by atoms with Crippen molar-refractivity contribution in [1.29, 1.82) is 0 Å². The number of aromatic nitrogens is 2. The van der Waals surface area contributed by atoms with Crippen molar-refractivity contribution < 1.29 is 4.74 Å². The van der Waals surface area contributed by atoms with Crippen molar-refractivity contribution in [2.24, 2.45) is 0 Å². The standard InChI is InChI=1S/C26H26Cl2N4O2/c1-4-32-23-15-24(30-18-8-10-19(11-9-18)34-13-12-31(2)3)29-16-17(23)14-20(26(32)33)25-21(27)6-5-7-22(25)28/h5-11,14-16H,4,12-13H2,1-3H3,(H,29,30). The molecular weight excluding hydrogens is 471 g/mol. The monoisotopic (exact) mass is 496 g/mol. The van der Waals surface area contributed by atoms with E-state index in [0.29, 0.717) is 40.1 Å². The Morgan fingerprint density at radius 1 is 1.06 bits per heavy atom. The number of hydrogen-bond acceptors (Lipinski definition) is 5. The van der Waals surface area contributed by atoms with E-state index in [1.54, 1.807) is 35.0 Å². The topological polar surface area (TPSA) is 59.4 Å². The van der Waals surface area contributed by atoms with Crippen LogP contribution < -0.4 is 15.6 Å². The van der Waals surface area contributed by atoms with Crippen LogP contribution in [0.15, 0.2) is 65.6 Å². The van der Waals surface area contributed by atoms with Crippen LogP contribution in [0.3, 0.4) is 0 Å². The highest BCUT2D eigenvalue weighted by Crippen LogP contribution is 2.34. The molecular formula is C26H26Cl2N4O2. The molecule has 0 bridgehead atoms. The number of benzene rings is 2. The second-order valence-electron chi connectivity index (χ2n) is 8.13. The van der Waals surface area contributed by atoms with E-state index in [2.05, 4.69) is 15.2 Å². The number of nitrogens with one attached hydrogen (secondary N) is 1. The lowest BCUT2D eigenvalue weighted by atomic mass is 10.0. The van der Waals surface area contributed by atoms with Crippen LogP contribution in [0.5, 0.6) is 5.75 Å². The lowest BCUT2D eigenvalue weighted by Gasteiger charge is -2.15. The third-order valence-electron chi connectivity index (χ3n) is 5.46. The Kier molecular flexibility index (Phi) is 7.41. The molecule has 0 fully saturated rings.